The van der Waals surface area contributed by atoms with Crippen molar-refractivity contribution < 1.29 is 4.74 Å². The van der Waals surface area contributed by atoms with E-state index in [1.807, 2.05) is 30.3 Å². The minimum atomic E-state index is 0.674. The fourth-order valence-electron chi connectivity index (χ4n) is 1.00. The van der Waals surface area contributed by atoms with Crippen molar-refractivity contribution in [2.24, 2.45) is 0 Å². The van der Waals surface area contributed by atoms with Gasteiger partial charge < -0.3 is 4.74 Å². The molecule has 0 aliphatic carbocycles. The Hall–Kier alpha value is -0.790. The predicted molar refractivity (Wildman–Crippen MR) is 56.2 cm³/mol. The summed E-state index contributed by atoms with van der Waals surface area (Å²) < 4.78 is 4.89. The molecule has 0 radical (unpaired) electrons. The number of methoxy groups -OCH3 is 1. The highest BCUT2D eigenvalue weighted by atomic mass is 35.5. The molecule has 0 heterocycles. The predicted octanol–water partition coefficient (Wildman–Crippen LogP) is 3.09. The van der Waals surface area contributed by atoms with Crippen LogP contribution in [0.4, 0.5) is 0 Å². The van der Waals surface area contributed by atoms with Crippen molar-refractivity contribution in [2.75, 3.05) is 13.7 Å². The molecule has 0 aromatic heterocycles. The summed E-state index contributed by atoms with van der Waals surface area (Å²) in [6, 6.07) is 7.86. The first-order valence-electron chi connectivity index (χ1n) is 4.21. The van der Waals surface area contributed by atoms with Gasteiger partial charge in [0.2, 0.25) is 0 Å². The van der Waals surface area contributed by atoms with Gasteiger partial charge in [-0.25, -0.2) is 0 Å². The van der Waals surface area contributed by atoms with Crippen molar-refractivity contribution in [1.82, 2.24) is 0 Å². The SMILES string of the molecule is COCC=CCc1ccc(Cl)cc1. The van der Waals surface area contributed by atoms with Crippen molar-refractivity contribution in [1.29, 1.82) is 0 Å². The quantitative estimate of drug-likeness (QED) is 0.673. The van der Waals surface area contributed by atoms with Gasteiger partial charge in [-0.1, -0.05) is 35.9 Å². The lowest BCUT2D eigenvalue weighted by atomic mass is 10.1. The Labute approximate surface area is 84.0 Å². The van der Waals surface area contributed by atoms with Crippen LogP contribution in [0.15, 0.2) is 36.4 Å². The lowest BCUT2D eigenvalue weighted by Crippen LogP contribution is -1.83. The van der Waals surface area contributed by atoms with E-state index < -0.39 is 0 Å². The van der Waals surface area contributed by atoms with Crippen LogP contribution in [0.5, 0.6) is 0 Å². The number of rotatable bonds is 4. The van der Waals surface area contributed by atoms with E-state index in [-0.39, 0.29) is 0 Å². The molecule has 0 fully saturated rings. The maximum absolute atomic E-state index is 5.76. The monoisotopic (exact) mass is 196 g/mol. The summed E-state index contributed by atoms with van der Waals surface area (Å²) in [7, 11) is 1.69. The van der Waals surface area contributed by atoms with Crippen molar-refractivity contribution in [3.8, 4) is 0 Å². The van der Waals surface area contributed by atoms with Crippen molar-refractivity contribution in [3.63, 3.8) is 0 Å². The molecule has 0 aliphatic rings. The van der Waals surface area contributed by atoms with Crippen LogP contribution in [0.3, 0.4) is 0 Å². The average molecular weight is 197 g/mol. The van der Waals surface area contributed by atoms with Gasteiger partial charge in [0.25, 0.3) is 0 Å². The molecule has 1 aromatic carbocycles. The Morgan fingerprint density at radius 3 is 2.54 bits per heavy atom. The first-order valence-corrected chi connectivity index (χ1v) is 4.59. The van der Waals surface area contributed by atoms with E-state index in [2.05, 4.69) is 6.08 Å². The third kappa shape index (κ3) is 4.11. The van der Waals surface area contributed by atoms with Crippen LogP contribution in [0.2, 0.25) is 5.02 Å². The summed E-state index contributed by atoms with van der Waals surface area (Å²) in [5, 5.41) is 0.782. The second-order valence-corrected chi connectivity index (χ2v) is 3.19. The summed E-state index contributed by atoms with van der Waals surface area (Å²) in [5.74, 6) is 0. The molecule has 0 saturated carbocycles. The van der Waals surface area contributed by atoms with Crippen molar-refractivity contribution >= 4 is 11.6 Å². The van der Waals surface area contributed by atoms with Crippen LogP contribution in [-0.2, 0) is 11.2 Å². The molecular weight excluding hydrogens is 184 g/mol. The van der Waals surface area contributed by atoms with Crippen LogP contribution in [-0.4, -0.2) is 13.7 Å². The minimum Gasteiger partial charge on any atom is -0.381 e. The highest BCUT2D eigenvalue weighted by Crippen LogP contribution is 2.09. The maximum atomic E-state index is 5.76. The Morgan fingerprint density at radius 1 is 1.23 bits per heavy atom. The summed E-state index contributed by atoms with van der Waals surface area (Å²) in [6.45, 7) is 0.674. The molecule has 1 aromatic rings. The summed E-state index contributed by atoms with van der Waals surface area (Å²) in [5.41, 5.74) is 1.26. The molecule has 0 bridgehead atoms. The fourth-order valence-corrected chi connectivity index (χ4v) is 1.13. The van der Waals surface area contributed by atoms with Gasteiger partial charge in [0.15, 0.2) is 0 Å². The highest BCUT2D eigenvalue weighted by Gasteiger charge is 1.88. The molecule has 1 rings (SSSR count). The van der Waals surface area contributed by atoms with E-state index in [0.29, 0.717) is 6.61 Å². The van der Waals surface area contributed by atoms with Crippen LogP contribution in [0.1, 0.15) is 5.56 Å². The Bertz CT molecular complexity index is 264. The van der Waals surface area contributed by atoms with Gasteiger partial charge in [0.05, 0.1) is 6.61 Å². The number of benzene rings is 1. The molecule has 13 heavy (non-hydrogen) atoms. The molecule has 1 nitrogen and oxygen atoms in total. The third-order valence-electron chi connectivity index (χ3n) is 1.70. The van der Waals surface area contributed by atoms with Crippen molar-refractivity contribution in [3.05, 3.63) is 47.0 Å². The van der Waals surface area contributed by atoms with Crippen LogP contribution < -0.4 is 0 Å². The van der Waals surface area contributed by atoms with Crippen molar-refractivity contribution in [2.45, 2.75) is 6.42 Å². The second kappa shape index (κ2) is 5.79. The Kier molecular flexibility index (Phi) is 4.58. The Morgan fingerprint density at radius 2 is 1.92 bits per heavy atom. The van der Waals surface area contributed by atoms with E-state index >= 15 is 0 Å². The van der Waals surface area contributed by atoms with Gasteiger partial charge in [-0.3, -0.25) is 0 Å². The summed E-state index contributed by atoms with van der Waals surface area (Å²) in [4.78, 5) is 0. The molecule has 70 valence electrons. The van der Waals surface area contributed by atoms with Gasteiger partial charge in [0.1, 0.15) is 0 Å². The van der Waals surface area contributed by atoms with Gasteiger partial charge >= 0.3 is 0 Å². The van der Waals surface area contributed by atoms with E-state index in [9.17, 15) is 0 Å². The fraction of sp³-hybridized carbons (Fsp3) is 0.273. The van der Waals surface area contributed by atoms with Crippen LogP contribution in [0.25, 0.3) is 0 Å². The van der Waals surface area contributed by atoms with Crippen LogP contribution >= 0.6 is 11.6 Å². The number of hydrogen-bond donors (Lipinski definition) is 0. The lowest BCUT2D eigenvalue weighted by Gasteiger charge is -1.95. The van der Waals surface area contributed by atoms with E-state index in [4.69, 9.17) is 16.3 Å². The molecule has 0 saturated heterocycles. The number of hydrogen-bond acceptors (Lipinski definition) is 1. The summed E-state index contributed by atoms with van der Waals surface area (Å²) >= 11 is 5.76. The second-order valence-electron chi connectivity index (χ2n) is 2.76. The lowest BCUT2D eigenvalue weighted by molar-refractivity contribution is 0.233. The zero-order valence-electron chi connectivity index (χ0n) is 7.66. The molecule has 0 aliphatic heterocycles. The maximum Gasteiger partial charge on any atom is 0.0643 e. The topological polar surface area (TPSA) is 9.23 Å². The van der Waals surface area contributed by atoms with Gasteiger partial charge in [0, 0.05) is 12.1 Å². The number of ether oxygens (including phenoxy) is 1. The van der Waals surface area contributed by atoms with E-state index in [0.717, 1.165) is 11.4 Å². The largest absolute Gasteiger partial charge is 0.381 e. The number of allylic oxidation sites excluding steroid dienone is 1. The van der Waals surface area contributed by atoms with Gasteiger partial charge in [-0.15, -0.1) is 0 Å². The van der Waals surface area contributed by atoms with Gasteiger partial charge in [-0.05, 0) is 24.1 Å². The molecule has 0 unspecified atom stereocenters. The van der Waals surface area contributed by atoms with Crippen LogP contribution in [0, 0.1) is 0 Å². The summed E-state index contributed by atoms with van der Waals surface area (Å²) in [6.07, 6.45) is 5.03. The molecule has 0 N–H and O–H groups in total. The Balaban J connectivity index is 2.41. The molecule has 0 spiro atoms. The number of halogens is 1. The standard InChI is InChI=1S/C11H13ClO/c1-13-9-3-2-4-10-5-7-11(12)8-6-10/h2-3,5-8H,4,9H2,1H3. The van der Waals surface area contributed by atoms with E-state index in [1.54, 1.807) is 7.11 Å². The van der Waals surface area contributed by atoms with Gasteiger partial charge in [-0.2, -0.15) is 0 Å². The molecule has 2 heteroatoms. The smallest absolute Gasteiger partial charge is 0.0643 e. The zero-order chi connectivity index (χ0) is 9.52. The molecule has 0 amide bonds. The highest BCUT2D eigenvalue weighted by molar-refractivity contribution is 6.30. The average Bonchev–Trinajstić information content (AvgIpc) is 2.15. The normalized spacial score (nSPS) is 10.9. The first-order chi connectivity index (χ1) is 6.33. The molecular formula is C11H13ClO. The first kappa shape index (κ1) is 10.3. The minimum absolute atomic E-state index is 0.674. The molecule has 0 atom stereocenters. The third-order valence-corrected chi connectivity index (χ3v) is 1.95. The zero-order valence-corrected chi connectivity index (χ0v) is 8.42. The van der Waals surface area contributed by atoms with E-state index in [1.165, 1.54) is 5.56 Å².